The van der Waals surface area contributed by atoms with Gasteiger partial charge in [-0.1, -0.05) is 0 Å². The van der Waals surface area contributed by atoms with Crippen molar-refractivity contribution < 1.29 is 19.1 Å². The fraction of sp³-hybridized carbons (Fsp3) is 0.414. The zero-order chi connectivity index (χ0) is 27.4. The molecule has 2 aromatic heterocycles. The number of fused-ring (bicyclic) bond motifs is 4. The standard InChI is InChI=1S/C29H33N7O4/c1-33-9-11-36(12-10-33)32-29(38)31-19-3-6-24-22(14-19)27(37)25(40-24)13-18-15-34(2)28-26(18)23(7-8-30-28)35-16-20-4-5-21(17-35)39-20/h3,6-8,13-15,20-21H,4-5,9-12,16-17H2,1-2H3,(H2,31,32,38)/b25-13-. The highest BCUT2D eigenvalue weighted by molar-refractivity contribution is 6.16. The van der Waals surface area contributed by atoms with Crippen LogP contribution in [0.4, 0.5) is 16.2 Å². The number of Topliss-reactive ketones (excluding diaryl/α,β-unsaturated/α-hetero) is 1. The number of morpholine rings is 1. The van der Waals surface area contributed by atoms with Gasteiger partial charge in [0.25, 0.3) is 0 Å². The molecule has 6 heterocycles. The van der Waals surface area contributed by atoms with Crippen LogP contribution in [-0.4, -0.2) is 89.8 Å². The van der Waals surface area contributed by atoms with E-state index in [1.807, 2.05) is 35.1 Å². The number of urea groups is 1. The summed E-state index contributed by atoms with van der Waals surface area (Å²) in [5.41, 5.74) is 6.65. The van der Waals surface area contributed by atoms with E-state index in [2.05, 4.69) is 32.6 Å². The Morgan fingerprint density at radius 3 is 2.62 bits per heavy atom. The van der Waals surface area contributed by atoms with Gasteiger partial charge in [0.1, 0.15) is 11.4 Å². The van der Waals surface area contributed by atoms with Crippen LogP contribution in [0.1, 0.15) is 28.8 Å². The first-order chi connectivity index (χ1) is 19.4. The molecular weight excluding hydrogens is 510 g/mol. The largest absolute Gasteiger partial charge is 0.452 e. The van der Waals surface area contributed by atoms with Gasteiger partial charge in [0.05, 0.1) is 23.5 Å². The van der Waals surface area contributed by atoms with E-state index in [0.717, 1.165) is 74.4 Å². The average Bonchev–Trinajstić information content (AvgIpc) is 3.57. The van der Waals surface area contributed by atoms with Crippen molar-refractivity contribution in [3.8, 4) is 5.75 Å². The topological polar surface area (TPSA) is 104 Å². The smallest absolute Gasteiger partial charge is 0.333 e. The predicted molar refractivity (Wildman–Crippen MR) is 151 cm³/mol. The molecule has 3 aromatic rings. The van der Waals surface area contributed by atoms with E-state index in [4.69, 9.17) is 9.47 Å². The number of carbonyl (C=O) groups is 2. The Balaban J connectivity index is 1.12. The highest BCUT2D eigenvalue weighted by Crippen LogP contribution is 2.38. The minimum Gasteiger partial charge on any atom is -0.452 e. The number of aromatic nitrogens is 2. The number of amides is 2. The van der Waals surface area contributed by atoms with Crippen molar-refractivity contribution in [2.75, 3.05) is 56.5 Å². The Morgan fingerprint density at radius 2 is 1.85 bits per heavy atom. The number of rotatable bonds is 4. The number of piperazine rings is 1. The molecule has 0 radical (unpaired) electrons. The molecule has 1 aromatic carbocycles. The summed E-state index contributed by atoms with van der Waals surface area (Å²) in [5.74, 6) is 0.507. The van der Waals surface area contributed by atoms with Gasteiger partial charge in [-0.25, -0.2) is 14.8 Å². The third kappa shape index (κ3) is 4.59. The Kier molecular flexibility index (Phi) is 6.21. The van der Waals surface area contributed by atoms with E-state index in [9.17, 15) is 9.59 Å². The lowest BCUT2D eigenvalue weighted by atomic mass is 10.1. The first kappa shape index (κ1) is 25.1. The van der Waals surface area contributed by atoms with E-state index in [-0.39, 0.29) is 29.8 Å². The Bertz CT molecular complexity index is 1510. The monoisotopic (exact) mass is 543 g/mol. The van der Waals surface area contributed by atoms with Crippen LogP contribution in [0.3, 0.4) is 0 Å². The number of carbonyl (C=O) groups excluding carboxylic acids is 2. The third-order valence-corrected chi connectivity index (χ3v) is 8.22. The number of nitrogens with zero attached hydrogens (tertiary/aromatic N) is 5. The van der Waals surface area contributed by atoms with E-state index >= 15 is 0 Å². The number of hydrogen-bond acceptors (Lipinski definition) is 8. The van der Waals surface area contributed by atoms with Gasteiger partial charge in [0.2, 0.25) is 5.78 Å². The van der Waals surface area contributed by atoms with E-state index in [0.29, 0.717) is 17.0 Å². The van der Waals surface area contributed by atoms with E-state index < -0.39 is 0 Å². The molecule has 40 heavy (non-hydrogen) atoms. The van der Waals surface area contributed by atoms with Crippen LogP contribution in [0.15, 0.2) is 42.4 Å². The Morgan fingerprint density at radius 1 is 1.07 bits per heavy atom. The number of benzene rings is 1. The van der Waals surface area contributed by atoms with Gasteiger partial charge in [0.15, 0.2) is 5.76 Å². The number of allylic oxidation sites excluding steroid dienone is 1. The zero-order valence-corrected chi connectivity index (χ0v) is 22.7. The molecule has 0 aliphatic carbocycles. The Hall–Kier alpha value is -3.93. The number of hydrazine groups is 1. The summed E-state index contributed by atoms with van der Waals surface area (Å²) in [6.45, 7) is 4.99. The van der Waals surface area contributed by atoms with E-state index in [1.165, 1.54) is 0 Å². The minimum atomic E-state index is -0.334. The van der Waals surface area contributed by atoms with Crippen LogP contribution in [0.25, 0.3) is 17.1 Å². The van der Waals surface area contributed by atoms with E-state index in [1.54, 1.807) is 24.3 Å². The third-order valence-electron chi connectivity index (χ3n) is 8.22. The second kappa shape index (κ2) is 9.92. The number of likely N-dealkylation sites (N-methyl/N-ethyl adjacent to an activating group) is 1. The van der Waals surface area contributed by atoms with Crippen molar-refractivity contribution in [1.29, 1.82) is 0 Å². The normalized spacial score (nSPS) is 24.0. The molecule has 4 aliphatic rings. The van der Waals surface area contributed by atoms with Crippen LogP contribution in [0, 0.1) is 0 Å². The Labute approximate surface area is 232 Å². The molecule has 3 saturated heterocycles. The lowest BCUT2D eigenvalue weighted by Gasteiger charge is -2.34. The molecule has 11 nitrogen and oxygen atoms in total. The van der Waals surface area contributed by atoms with Crippen molar-refractivity contribution in [3.63, 3.8) is 0 Å². The number of nitrogens with one attached hydrogen (secondary N) is 2. The first-order valence-corrected chi connectivity index (χ1v) is 13.8. The van der Waals surface area contributed by atoms with Crippen molar-refractivity contribution >= 4 is 40.3 Å². The molecule has 0 saturated carbocycles. The molecule has 11 heteroatoms. The average molecular weight is 544 g/mol. The second-order valence-corrected chi connectivity index (χ2v) is 11.1. The number of aryl methyl sites for hydroxylation is 1. The number of anilines is 2. The molecule has 208 valence electrons. The molecule has 2 amide bonds. The van der Waals surface area contributed by atoms with Crippen LogP contribution in [0.5, 0.6) is 5.75 Å². The zero-order valence-electron chi connectivity index (χ0n) is 22.7. The number of pyridine rings is 1. The molecule has 3 fully saturated rings. The molecular formula is C29H33N7O4. The van der Waals surface area contributed by atoms with Crippen LogP contribution < -0.4 is 20.4 Å². The summed E-state index contributed by atoms with van der Waals surface area (Å²) < 4.78 is 14.0. The maximum absolute atomic E-state index is 13.4. The molecule has 7 rings (SSSR count). The quantitative estimate of drug-likeness (QED) is 0.485. The summed E-state index contributed by atoms with van der Waals surface area (Å²) in [6, 6.07) is 6.84. The van der Waals surface area contributed by atoms with Crippen molar-refractivity contribution in [3.05, 3.63) is 53.5 Å². The first-order valence-electron chi connectivity index (χ1n) is 13.8. The molecule has 0 spiro atoms. The van der Waals surface area contributed by atoms with Gasteiger partial charge in [-0.15, -0.1) is 0 Å². The SMILES string of the molecule is CN1CCN(NC(=O)Nc2ccc3c(c2)C(=O)/C(=C/c2cn(C)c4nccc(N5CC6CCC(C5)O6)c24)O3)CC1. The van der Waals surface area contributed by atoms with Gasteiger partial charge < -0.3 is 29.2 Å². The van der Waals surface area contributed by atoms with Crippen molar-refractivity contribution in [2.24, 2.45) is 7.05 Å². The fourth-order valence-corrected chi connectivity index (χ4v) is 6.13. The summed E-state index contributed by atoms with van der Waals surface area (Å²) in [7, 11) is 4.02. The summed E-state index contributed by atoms with van der Waals surface area (Å²) in [4.78, 5) is 35.2. The molecule has 2 bridgehead atoms. The van der Waals surface area contributed by atoms with Gasteiger partial charge >= 0.3 is 6.03 Å². The fourth-order valence-electron chi connectivity index (χ4n) is 6.13. The molecule has 2 N–H and O–H groups in total. The van der Waals surface area contributed by atoms with Gasteiger partial charge in [-0.2, -0.15) is 0 Å². The summed E-state index contributed by atoms with van der Waals surface area (Å²) in [6.07, 6.45) is 8.33. The molecule has 2 atom stereocenters. The molecule has 2 unspecified atom stereocenters. The van der Waals surface area contributed by atoms with Crippen LogP contribution >= 0.6 is 0 Å². The maximum Gasteiger partial charge on any atom is 0.333 e. The molecule has 4 aliphatic heterocycles. The van der Waals surface area contributed by atoms with Gasteiger partial charge in [-0.3, -0.25) is 10.2 Å². The predicted octanol–water partition coefficient (Wildman–Crippen LogP) is 2.84. The minimum absolute atomic E-state index is 0.218. The number of ether oxygens (including phenoxy) is 2. The maximum atomic E-state index is 13.4. The summed E-state index contributed by atoms with van der Waals surface area (Å²) in [5, 5.41) is 5.73. The summed E-state index contributed by atoms with van der Waals surface area (Å²) >= 11 is 0. The van der Waals surface area contributed by atoms with Gasteiger partial charge in [0, 0.05) is 75.3 Å². The van der Waals surface area contributed by atoms with Crippen molar-refractivity contribution in [1.82, 2.24) is 24.9 Å². The number of hydrogen-bond donors (Lipinski definition) is 2. The lowest BCUT2D eigenvalue weighted by Crippen LogP contribution is -2.53. The van der Waals surface area contributed by atoms with Crippen molar-refractivity contribution in [2.45, 2.75) is 25.0 Å². The lowest BCUT2D eigenvalue weighted by molar-refractivity contribution is 0.0306. The highest BCUT2D eigenvalue weighted by atomic mass is 16.5. The van der Waals surface area contributed by atoms with Crippen LogP contribution in [0.2, 0.25) is 0 Å². The highest BCUT2D eigenvalue weighted by Gasteiger charge is 2.35. The van der Waals surface area contributed by atoms with Gasteiger partial charge in [-0.05, 0) is 50.2 Å². The second-order valence-electron chi connectivity index (χ2n) is 11.1. The number of ketones is 1. The van der Waals surface area contributed by atoms with Crippen LogP contribution in [-0.2, 0) is 11.8 Å².